The standard InChI is InChI=1S/C28H32N2O3/c1-6-33-28(32)25-18(5)30-22-13-20(24-16(3)10-15(2)11-17(24)4)14-23(31)27(22)26(25)19-8-7-9-21(29)12-19/h7-12,20,26,30H,6,13-14,29H2,1-5H3. The van der Waals surface area contributed by atoms with Crippen molar-refractivity contribution in [3.63, 3.8) is 0 Å². The molecule has 2 aromatic rings. The molecule has 2 aliphatic rings. The Kier molecular flexibility index (Phi) is 6.15. The van der Waals surface area contributed by atoms with Gasteiger partial charge >= 0.3 is 5.97 Å². The molecule has 1 aliphatic carbocycles. The number of ketones is 1. The van der Waals surface area contributed by atoms with Crippen LogP contribution in [0.2, 0.25) is 0 Å². The summed E-state index contributed by atoms with van der Waals surface area (Å²) in [5, 5.41) is 3.41. The van der Waals surface area contributed by atoms with Crippen LogP contribution in [0.4, 0.5) is 5.69 Å². The number of allylic oxidation sites excluding steroid dienone is 3. The van der Waals surface area contributed by atoms with E-state index in [-0.39, 0.29) is 18.3 Å². The number of nitrogens with two attached hydrogens (primary N) is 1. The minimum atomic E-state index is -0.488. The molecule has 33 heavy (non-hydrogen) atoms. The van der Waals surface area contributed by atoms with Crippen LogP contribution in [0.3, 0.4) is 0 Å². The molecule has 0 bridgehead atoms. The zero-order valence-electron chi connectivity index (χ0n) is 20.0. The number of ether oxygens (including phenoxy) is 1. The summed E-state index contributed by atoms with van der Waals surface area (Å²) in [7, 11) is 0. The van der Waals surface area contributed by atoms with Gasteiger partial charge in [0.1, 0.15) is 0 Å². The van der Waals surface area contributed by atoms with Crippen molar-refractivity contribution < 1.29 is 14.3 Å². The predicted molar refractivity (Wildman–Crippen MR) is 131 cm³/mol. The fraction of sp³-hybridized carbons (Fsp3) is 0.357. The van der Waals surface area contributed by atoms with Crippen molar-refractivity contribution in [1.29, 1.82) is 0 Å². The molecule has 0 aromatic heterocycles. The molecular weight excluding hydrogens is 412 g/mol. The Morgan fingerprint density at radius 1 is 1.09 bits per heavy atom. The van der Waals surface area contributed by atoms with E-state index < -0.39 is 11.9 Å². The number of rotatable bonds is 4. The minimum Gasteiger partial charge on any atom is -0.463 e. The number of nitrogens with one attached hydrogen (secondary N) is 1. The van der Waals surface area contributed by atoms with Crippen LogP contribution in [0, 0.1) is 20.8 Å². The summed E-state index contributed by atoms with van der Waals surface area (Å²) in [6, 6.07) is 11.8. The van der Waals surface area contributed by atoms with E-state index in [0.717, 1.165) is 23.4 Å². The van der Waals surface area contributed by atoms with Gasteiger partial charge in [0.05, 0.1) is 12.2 Å². The van der Waals surface area contributed by atoms with Gasteiger partial charge in [0.25, 0.3) is 0 Å². The molecule has 2 atom stereocenters. The highest BCUT2D eigenvalue weighted by atomic mass is 16.5. The Hall–Kier alpha value is -3.34. The van der Waals surface area contributed by atoms with Crippen LogP contribution in [0.5, 0.6) is 0 Å². The van der Waals surface area contributed by atoms with Crippen LogP contribution in [-0.2, 0) is 14.3 Å². The fourth-order valence-corrected chi connectivity index (χ4v) is 5.63. The topological polar surface area (TPSA) is 81.4 Å². The van der Waals surface area contributed by atoms with Gasteiger partial charge in [-0.25, -0.2) is 4.79 Å². The Labute approximate surface area is 195 Å². The predicted octanol–water partition coefficient (Wildman–Crippen LogP) is 5.12. The van der Waals surface area contributed by atoms with Crippen molar-refractivity contribution in [1.82, 2.24) is 5.32 Å². The van der Waals surface area contributed by atoms with Crippen molar-refractivity contribution in [2.45, 2.75) is 59.3 Å². The lowest BCUT2D eigenvalue weighted by Gasteiger charge is -2.37. The fourth-order valence-electron chi connectivity index (χ4n) is 5.63. The molecule has 3 N–H and O–H groups in total. The van der Waals surface area contributed by atoms with Crippen LogP contribution in [-0.4, -0.2) is 18.4 Å². The van der Waals surface area contributed by atoms with E-state index >= 15 is 0 Å². The van der Waals surface area contributed by atoms with Gasteiger partial charge in [-0.2, -0.15) is 0 Å². The van der Waals surface area contributed by atoms with Gasteiger partial charge in [-0.3, -0.25) is 4.79 Å². The molecule has 172 valence electrons. The maximum Gasteiger partial charge on any atom is 0.336 e. The lowest BCUT2D eigenvalue weighted by Crippen LogP contribution is -2.36. The van der Waals surface area contributed by atoms with Crippen molar-refractivity contribution in [3.8, 4) is 0 Å². The summed E-state index contributed by atoms with van der Waals surface area (Å²) in [6.45, 7) is 10.3. The number of hydrogen-bond donors (Lipinski definition) is 2. The molecule has 5 nitrogen and oxygen atoms in total. The van der Waals surface area contributed by atoms with Crippen LogP contribution in [0.25, 0.3) is 0 Å². The summed E-state index contributed by atoms with van der Waals surface area (Å²) in [4.78, 5) is 26.7. The molecule has 0 saturated heterocycles. The van der Waals surface area contributed by atoms with Crippen molar-refractivity contribution in [3.05, 3.63) is 86.8 Å². The number of nitrogen functional groups attached to an aromatic ring is 1. The Bertz CT molecular complexity index is 1180. The normalized spacial score (nSPS) is 20.5. The van der Waals surface area contributed by atoms with Crippen molar-refractivity contribution in [2.24, 2.45) is 0 Å². The second-order valence-electron chi connectivity index (χ2n) is 9.22. The van der Waals surface area contributed by atoms with Gasteiger partial charge in [-0.05, 0) is 81.3 Å². The molecule has 1 heterocycles. The number of Topliss-reactive ketones (excluding diaryl/α,β-unsaturated/α-hetero) is 1. The molecule has 0 radical (unpaired) electrons. The van der Waals surface area contributed by atoms with Gasteiger partial charge in [-0.1, -0.05) is 29.8 Å². The first-order valence-corrected chi connectivity index (χ1v) is 11.6. The molecule has 5 heteroatoms. The quantitative estimate of drug-likeness (QED) is 0.505. The monoisotopic (exact) mass is 444 g/mol. The Morgan fingerprint density at radius 2 is 1.79 bits per heavy atom. The van der Waals surface area contributed by atoms with E-state index in [1.807, 2.05) is 31.2 Å². The smallest absolute Gasteiger partial charge is 0.336 e. The molecule has 1 aliphatic heterocycles. The summed E-state index contributed by atoms with van der Waals surface area (Å²) in [5.74, 6) is -0.725. The molecule has 0 spiro atoms. The zero-order valence-corrected chi connectivity index (χ0v) is 20.0. The third kappa shape index (κ3) is 4.20. The molecule has 0 fully saturated rings. The largest absolute Gasteiger partial charge is 0.463 e. The lowest BCUT2D eigenvalue weighted by molar-refractivity contribution is -0.138. The highest BCUT2D eigenvalue weighted by Crippen LogP contribution is 2.46. The van der Waals surface area contributed by atoms with Gasteiger partial charge in [0.2, 0.25) is 0 Å². The van der Waals surface area contributed by atoms with E-state index in [9.17, 15) is 9.59 Å². The number of anilines is 1. The molecule has 2 aromatic carbocycles. The summed E-state index contributed by atoms with van der Waals surface area (Å²) in [5.41, 5.74) is 15.2. The van der Waals surface area contributed by atoms with Gasteiger partial charge in [-0.15, -0.1) is 0 Å². The number of benzene rings is 2. The third-order valence-corrected chi connectivity index (χ3v) is 6.71. The van der Waals surface area contributed by atoms with Gasteiger partial charge in [0, 0.05) is 35.0 Å². The minimum absolute atomic E-state index is 0.0647. The van der Waals surface area contributed by atoms with Gasteiger partial charge in [0.15, 0.2) is 5.78 Å². The number of aryl methyl sites for hydroxylation is 3. The lowest BCUT2D eigenvalue weighted by atomic mass is 9.70. The van der Waals surface area contributed by atoms with E-state index in [1.54, 1.807) is 6.92 Å². The average Bonchev–Trinajstić information content (AvgIpc) is 2.72. The molecular formula is C28H32N2O3. The zero-order chi connectivity index (χ0) is 23.9. The number of dihydropyridines is 1. The highest BCUT2D eigenvalue weighted by Gasteiger charge is 2.41. The van der Waals surface area contributed by atoms with Gasteiger partial charge < -0.3 is 15.8 Å². The third-order valence-electron chi connectivity index (χ3n) is 6.71. The first kappa shape index (κ1) is 22.8. The van der Waals surface area contributed by atoms with E-state index in [0.29, 0.717) is 23.3 Å². The second-order valence-corrected chi connectivity index (χ2v) is 9.22. The van der Waals surface area contributed by atoms with E-state index in [1.165, 1.54) is 22.3 Å². The van der Waals surface area contributed by atoms with Crippen molar-refractivity contribution in [2.75, 3.05) is 12.3 Å². The number of hydrogen-bond acceptors (Lipinski definition) is 5. The maximum absolute atomic E-state index is 13.7. The summed E-state index contributed by atoms with van der Waals surface area (Å²) in [6.07, 6.45) is 1.14. The number of carbonyl (C=O) groups is 2. The second kappa shape index (κ2) is 8.89. The van der Waals surface area contributed by atoms with E-state index in [2.05, 4.69) is 38.2 Å². The highest BCUT2D eigenvalue weighted by molar-refractivity contribution is 6.04. The van der Waals surface area contributed by atoms with Crippen LogP contribution in [0.15, 0.2) is 58.9 Å². The molecule has 0 saturated carbocycles. The average molecular weight is 445 g/mol. The molecule has 4 rings (SSSR count). The Morgan fingerprint density at radius 3 is 2.42 bits per heavy atom. The van der Waals surface area contributed by atoms with Crippen LogP contribution < -0.4 is 11.1 Å². The maximum atomic E-state index is 13.7. The summed E-state index contributed by atoms with van der Waals surface area (Å²) < 4.78 is 5.38. The number of carbonyl (C=O) groups excluding carboxylic acids is 2. The van der Waals surface area contributed by atoms with Crippen LogP contribution >= 0.6 is 0 Å². The van der Waals surface area contributed by atoms with Crippen LogP contribution in [0.1, 0.15) is 66.3 Å². The summed E-state index contributed by atoms with van der Waals surface area (Å²) >= 11 is 0. The first-order valence-electron chi connectivity index (χ1n) is 11.6. The van der Waals surface area contributed by atoms with E-state index in [4.69, 9.17) is 10.5 Å². The SMILES string of the molecule is CCOC(=O)C1=C(C)NC2=C(C(=O)CC(c3c(C)cc(C)cc3C)C2)C1c1cccc(N)c1. The Balaban J connectivity index is 1.83. The first-order chi connectivity index (χ1) is 15.7. The molecule has 2 unspecified atom stereocenters. The number of esters is 1. The molecule has 0 amide bonds. The van der Waals surface area contributed by atoms with Crippen molar-refractivity contribution >= 4 is 17.4 Å².